The van der Waals surface area contributed by atoms with Crippen molar-refractivity contribution in [3.05, 3.63) is 82.9 Å². The van der Waals surface area contributed by atoms with Crippen LogP contribution in [-0.4, -0.2) is 20.1 Å². The zero-order chi connectivity index (χ0) is 23.3. The van der Waals surface area contributed by atoms with Gasteiger partial charge in [0.15, 0.2) is 0 Å². The third kappa shape index (κ3) is 5.41. The third-order valence-electron chi connectivity index (χ3n) is 5.22. The van der Waals surface area contributed by atoms with Gasteiger partial charge in [0, 0.05) is 11.1 Å². The molecule has 0 aliphatic rings. The maximum absolute atomic E-state index is 13.0. The van der Waals surface area contributed by atoms with E-state index in [1.807, 2.05) is 43.3 Å². The Bertz CT molecular complexity index is 1100. The second-order valence-electron chi connectivity index (χ2n) is 8.72. The van der Waals surface area contributed by atoms with Crippen LogP contribution in [0, 0.1) is 6.92 Å². The Kier molecular flexibility index (Phi) is 7.08. The van der Waals surface area contributed by atoms with E-state index in [9.17, 15) is 4.79 Å². The van der Waals surface area contributed by atoms with Crippen LogP contribution in [0.25, 0.3) is 0 Å². The van der Waals surface area contributed by atoms with E-state index in [1.54, 1.807) is 32.4 Å². The molecule has 0 aliphatic heterocycles. The summed E-state index contributed by atoms with van der Waals surface area (Å²) in [7, 11) is 3.19. The number of methoxy groups -OCH3 is 2. The molecule has 0 aliphatic carbocycles. The molecule has 3 rings (SSSR count). The molecule has 5 nitrogen and oxygen atoms in total. The molecular weight excluding hydrogens is 402 g/mol. The van der Waals surface area contributed by atoms with Crippen LogP contribution in [0.2, 0.25) is 0 Å². The lowest BCUT2D eigenvalue weighted by atomic mass is 9.86. The topological polar surface area (TPSA) is 56.8 Å². The first-order chi connectivity index (χ1) is 15.2. The predicted octanol–water partition coefficient (Wildman–Crippen LogP) is 6.14. The van der Waals surface area contributed by atoms with Crippen LogP contribution in [0.1, 0.15) is 47.8 Å². The smallest absolute Gasteiger partial charge is 0.255 e. The summed E-state index contributed by atoms with van der Waals surface area (Å²) in [4.78, 5) is 13.0. The van der Waals surface area contributed by atoms with Gasteiger partial charge in [0.25, 0.3) is 5.91 Å². The van der Waals surface area contributed by atoms with Crippen molar-refractivity contribution >= 4 is 11.6 Å². The number of hydrogen-bond donors (Lipinski definition) is 1. The summed E-state index contributed by atoms with van der Waals surface area (Å²) in [5.74, 6) is 1.87. The van der Waals surface area contributed by atoms with E-state index >= 15 is 0 Å². The number of benzene rings is 3. The van der Waals surface area contributed by atoms with Crippen LogP contribution in [0.4, 0.5) is 5.69 Å². The SMILES string of the molecule is COc1ccc(C(=O)Nc2cc(C)ccc2OC)cc1COc1ccccc1C(C)(C)C. The summed E-state index contributed by atoms with van der Waals surface area (Å²) in [5, 5.41) is 2.94. The maximum Gasteiger partial charge on any atom is 0.255 e. The summed E-state index contributed by atoms with van der Waals surface area (Å²) < 4.78 is 17.0. The molecule has 168 valence electrons. The number of para-hydroxylation sites is 1. The zero-order valence-corrected chi connectivity index (χ0v) is 19.6. The number of carbonyl (C=O) groups excluding carboxylic acids is 1. The number of hydrogen-bond acceptors (Lipinski definition) is 4. The number of nitrogens with one attached hydrogen (secondary N) is 1. The third-order valence-corrected chi connectivity index (χ3v) is 5.22. The van der Waals surface area contributed by atoms with Gasteiger partial charge in [-0.3, -0.25) is 4.79 Å². The Hall–Kier alpha value is -3.47. The minimum atomic E-state index is -0.229. The number of carbonyl (C=O) groups is 1. The molecule has 3 aromatic carbocycles. The van der Waals surface area contributed by atoms with Gasteiger partial charge in [-0.05, 0) is 59.9 Å². The second-order valence-corrected chi connectivity index (χ2v) is 8.72. The molecule has 0 unspecified atom stereocenters. The fourth-order valence-corrected chi connectivity index (χ4v) is 3.51. The molecule has 0 fully saturated rings. The van der Waals surface area contributed by atoms with Gasteiger partial charge >= 0.3 is 0 Å². The number of amides is 1. The van der Waals surface area contributed by atoms with Gasteiger partial charge in [0.05, 0.1) is 19.9 Å². The van der Waals surface area contributed by atoms with Crippen molar-refractivity contribution in [1.82, 2.24) is 0 Å². The molecule has 0 saturated carbocycles. The fraction of sp³-hybridized carbons (Fsp3) is 0.296. The van der Waals surface area contributed by atoms with Crippen molar-refractivity contribution in [3.63, 3.8) is 0 Å². The van der Waals surface area contributed by atoms with E-state index in [4.69, 9.17) is 14.2 Å². The maximum atomic E-state index is 13.0. The van der Waals surface area contributed by atoms with Gasteiger partial charge < -0.3 is 19.5 Å². The van der Waals surface area contributed by atoms with Crippen molar-refractivity contribution in [2.45, 2.75) is 39.7 Å². The molecule has 1 N–H and O–H groups in total. The highest BCUT2D eigenvalue weighted by Gasteiger charge is 2.19. The first kappa shape index (κ1) is 23.2. The van der Waals surface area contributed by atoms with Crippen molar-refractivity contribution in [3.8, 4) is 17.2 Å². The number of ether oxygens (including phenoxy) is 3. The lowest BCUT2D eigenvalue weighted by molar-refractivity contribution is 0.102. The van der Waals surface area contributed by atoms with Crippen molar-refractivity contribution in [2.75, 3.05) is 19.5 Å². The lowest BCUT2D eigenvalue weighted by Gasteiger charge is -2.23. The van der Waals surface area contributed by atoms with E-state index in [0.29, 0.717) is 22.7 Å². The number of anilines is 1. The van der Waals surface area contributed by atoms with E-state index in [1.165, 1.54) is 0 Å². The first-order valence-corrected chi connectivity index (χ1v) is 10.6. The summed E-state index contributed by atoms with van der Waals surface area (Å²) in [6.07, 6.45) is 0. The average molecular weight is 434 g/mol. The summed E-state index contributed by atoms with van der Waals surface area (Å²) >= 11 is 0. The van der Waals surface area contributed by atoms with Gasteiger partial charge in [-0.1, -0.05) is 45.0 Å². The summed E-state index contributed by atoms with van der Waals surface area (Å²) in [6, 6.07) is 19.0. The van der Waals surface area contributed by atoms with Crippen LogP contribution in [-0.2, 0) is 12.0 Å². The molecule has 0 spiro atoms. The van der Waals surface area contributed by atoms with Crippen molar-refractivity contribution in [1.29, 1.82) is 0 Å². The molecule has 0 aromatic heterocycles. The molecule has 1 amide bonds. The number of rotatable bonds is 7. The number of aryl methyl sites for hydroxylation is 1. The zero-order valence-electron chi connectivity index (χ0n) is 19.6. The molecule has 0 heterocycles. The minimum absolute atomic E-state index is 0.0463. The van der Waals surface area contributed by atoms with E-state index in [2.05, 4.69) is 32.2 Å². The highest BCUT2D eigenvalue weighted by molar-refractivity contribution is 6.05. The molecule has 0 saturated heterocycles. The van der Waals surface area contributed by atoms with Crippen LogP contribution in [0.15, 0.2) is 60.7 Å². The molecule has 5 heteroatoms. The molecule has 0 bridgehead atoms. The second kappa shape index (κ2) is 9.77. The van der Waals surface area contributed by atoms with E-state index in [-0.39, 0.29) is 17.9 Å². The van der Waals surface area contributed by atoms with Gasteiger partial charge in [-0.25, -0.2) is 0 Å². The van der Waals surface area contributed by atoms with E-state index < -0.39 is 0 Å². The largest absolute Gasteiger partial charge is 0.496 e. The van der Waals surface area contributed by atoms with Crippen molar-refractivity contribution < 1.29 is 19.0 Å². The normalized spacial score (nSPS) is 11.1. The van der Waals surface area contributed by atoms with Crippen LogP contribution >= 0.6 is 0 Å². The van der Waals surface area contributed by atoms with E-state index in [0.717, 1.165) is 22.4 Å². The highest BCUT2D eigenvalue weighted by Crippen LogP contribution is 2.32. The first-order valence-electron chi connectivity index (χ1n) is 10.6. The Balaban J connectivity index is 1.84. The lowest BCUT2D eigenvalue weighted by Crippen LogP contribution is -2.15. The van der Waals surface area contributed by atoms with Crippen molar-refractivity contribution in [2.24, 2.45) is 0 Å². The van der Waals surface area contributed by atoms with Crippen LogP contribution in [0.3, 0.4) is 0 Å². The quantitative estimate of drug-likeness (QED) is 0.486. The predicted molar refractivity (Wildman–Crippen MR) is 128 cm³/mol. The van der Waals surface area contributed by atoms with Gasteiger partial charge in [0.2, 0.25) is 0 Å². The Morgan fingerprint density at radius 2 is 1.56 bits per heavy atom. The van der Waals surface area contributed by atoms with Gasteiger partial charge in [-0.2, -0.15) is 0 Å². The fourth-order valence-electron chi connectivity index (χ4n) is 3.51. The molecule has 0 atom stereocenters. The summed E-state index contributed by atoms with van der Waals surface area (Å²) in [6.45, 7) is 8.71. The molecule has 3 aromatic rings. The van der Waals surface area contributed by atoms with Crippen LogP contribution < -0.4 is 19.5 Å². The molecule has 0 radical (unpaired) electrons. The minimum Gasteiger partial charge on any atom is -0.496 e. The van der Waals surface area contributed by atoms with Gasteiger partial charge in [0.1, 0.15) is 23.9 Å². The Morgan fingerprint density at radius 3 is 2.25 bits per heavy atom. The van der Waals surface area contributed by atoms with Crippen LogP contribution in [0.5, 0.6) is 17.2 Å². The molecule has 32 heavy (non-hydrogen) atoms. The van der Waals surface area contributed by atoms with Gasteiger partial charge in [-0.15, -0.1) is 0 Å². The Morgan fingerprint density at radius 1 is 0.875 bits per heavy atom. The highest BCUT2D eigenvalue weighted by atomic mass is 16.5. The Labute approximate surface area is 190 Å². The standard InChI is InChI=1S/C27H31NO4/c1-18-11-13-25(31-6)22(15-18)28-26(29)19-12-14-23(30-5)20(16-19)17-32-24-10-8-7-9-21(24)27(2,3)4/h7-16H,17H2,1-6H3,(H,28,29). The molecular formula is C27H31NO4. The average Bonchev–Trinajstić information content (AvgIpc) is 2.77. The summed E-state index contributed by atoms with van der Waals surface area (Å²) in [5.41, 5.74) is 4.04. The monoisotopic (exact) mass is 433 g/mol.